The van der Waals surface area contributed by atoms with Gasteiger partial charge in [0.2, 0.25) is 0 Å². The van der Waals surface area contributed by atoms with Crippen molar-refractivity contribution in [2.24, 2.45) is 5.73 Å². The van der Waals surface area contributed by atoms with Crippen molar-refractivity contribution < 1.29 is 9.47 Å². The van der Waals surface area contributed by atoms with Crippen molar-refractivity contribution in [1.29, 1.82) is 0 Å². The van der Waals surface area contributed by atoms with Crippen LogP contribution in [0.1, 0.15) is 43.4 Å². The molecule has 19 heavy (non-hydrogen) atoms. The highest BCUT2D eigenvalue weighted by atomic mass is 16.5. The van der Waals surface area contributed by atoms with E-state index in [0.29, 0.717) is 0 Å². The number of rotatable bonds is 5. The molecule has 1 fully saturated rings. The summed E-state index contributed by atoms with van der Waals surface area (Å²) in [6, 6.07) is 8.52. The first-order valence-electron chi connectivity index (χ1n) is 7.19. The molecule has 1 aliphatic heterocycles. The molecule has 106 valence electrons. The molecule has 2 N–H and O–H groups in total. The molecule has 1 heterocycles. The lowest BCUT2D eigenvalue weighted by Crippen LogP contribution is -2.47. The van der Waals surface area contributed by atoms with Crippen LogP contribution in [0, 0.1) is 0 Å². The zero-order valence-electron chi connectivity index (χ0n) is 12.0. The normalized spacial score (nSPS) is 20.2. The predicted molar refractivity (Wildman–Crippen MR) is 77.2 cm³/mol. The summed E-state index contributed by atoms with van der Waals surface area (Å²) in [6.45, 7) is 3.66. The third-order valence-electron chi connectivity index (χ3n) is 4.16. The monoisotopic (exact) mass is 263 g/mol. The SMILES string of the molecule is CCCc1cccc(C(N)C2(OC)CCOCC2)c1. The van der Waals surface area contributed by atoms with Gasteiger partial charge in [-0.15, -0.1) is 0 Å². The molecule has 1 saturated heterocycles. The molecule has 3 nitrogen and oxygen atoms in total. The van der Waals surface area contributed by atoms with Gasteiger partial charge in [0.05, 0.1) is 11.6 Å². The van der Waals surface area contributed by atoms with Gasteiger partial charge in [0.25, 0.3) is 0 Å². The Hall–Kier alpha value is -0.900. The molecule has 0 bridgehead atoms. The Morgan fingerprint density at radius 3 is 2.74 bits per heavy atom. The first kappa shape index (κ1) is 14.5. The standard InChI is InChI=1S/C16H25NO2/c1-3-5-13-6-4-7-14(12-13)15(17)16(18-2)8-10-19-11-9-16/h4,6-7,12,15H,3,5,8-11,17H2,1-2H3. The maximum atomic E-state index is 6.50. The van der Waals surface area contributed by atoms with E-state index in [1.54, 1.807) is 7.11 Å². The molecule has 3 heteroatoms. The van der Waals surface area contributed by atoms with Crippen LogP contribution in [0.3, 0.4) is 0 Å². The van der Waals surface area contributed by atoms with Gasteiger partial charge in [-0.1, -0.05) is 37.6 Å². The Bertz CT molecular complexity index is 399. The highest BCUT2D eigenvalue weighted by molar-refractivity contribution is 5.28. The number of methoxy groups -OCH3 is 1. The van der Waals surface area contributed by atoms with Crippen molar-refractivity contribution in [3.05, 3.63) is 35.4 Å². The zero-order valence-corrected chi connectivity index (χ0v) is 12.0. The Balaban J connectivity index is 2.21. The van der Waals surface area contributed by atoms with Crippen LogP contribution in [0.4, 0.5) is 0 Å². The second-order valence-electron chi connectivity index (χ2n) is 5.35. The Morgan fingerprint density at radius 1 is 1.37 bits per heavy atom. The molecule has 1 aliphatic rings. The van der Waals surface area contributed by atoms with Crippen LogP contribution in [-0.4, -0.2) is 25.9 Å². The Morgan fingerprint density at radius 2 is 2.11 bits per heavy atom. The Kier molecular flexibility index (Phi) is 4.97. The minimum absolute atomic E-state index is 0.0850. The summed E-state index contributed by atoms with van der Waals surface area (Å²) in [5.74, 6) is 0. The number of hydrogen-bond donors (Lipinski definition) is 1. The van der Waals surface area contributed by atoms with Crippen molar-refractivity contribution in [2.45, 2.75) is 44.2 Å². The van der Waals surface area contributed by atoms with Gasteiger partial charge >= 0.3 is 0 Å². The van der Waals surface area contributed by atoms with E-state index in [4.69, 9.17) is 15.2 Å². The molecule has 0 aliphatic carbocycles. The summed E-state index contributed by atoms with van der Waals surface area (Å²) in [5.41, 5.74) is 8.76. The summed E-state index contributed by atoms with van der Waals surface area (Å²) >= 11 is 0. The third-order valence-corrected chi connectivity index (χ3v) is 4.16. The molecular weight excluding hydrogens is 238 g/mol. The van der Waals surface area contributed by atoms with E-state index in [9.17, 15) is 0 Å². The topological polar surface area (TPSA) is 44.5 Å². The third kappa shape index (κ3) is 3.16. The first-order chi connectivity index (χ1) is 9.22. The molecule has 1 unspecified atom stereocenters. The summed E-state index contributed by atoms with van der Waals surface area (Å²) in [5, 5.41) is 0. The zero-order chi connectivity index (χ0) is 13.7. The lowest BCUT2D eigenvalue weighted by Gasteiger charge is -2.40. The van der Waals surface area contributed by atoms with Gasteiger partial charge in [0.15, 0.2) is 0 Å². The van der Waals surface area contributed by atoms with E-state index in [-0.39, 0.29) is 11.6 Å². The van der Waals surface area contributed by atoms with E-state index in [1.807, 2.05) is 0 Å². The van der Waals surface area contributed by atoms with Crippen molar-refractivity contribution in [3.63, 3.8) is 0 Å². The maximum Gasteiger partial charge on any atom is 0.0914 e. The average molecular weight is 263 g/mol. The quantitative estimate of drug-likeness (QED) is 0.888. The fraction of sp³-hybridized carbons (Fsp3) is 0.625. The molecule has 0 amide bonds. The van der Waals surface area contributed by atoms with Gasteiger partial charge in [0, 0.05) is 33.2 Å². The van der Waals surface area contributed by atoms with E-state index >= 15 is 0 Å². The van der Waals surface area contributed by atoms with Crippen molar-refractivity contribution >= 4 is 0 Å². The van der Waals surface area contributed by atoms with Crippen LogP contribution in [-0.2, 0) is 15.9 Å². The molecule has 0 saturated carbocycles. The lowest BCUT2D eigenvalue weighted by atomic mass is 9.82. The van der Waals surface area contributed by atoms with Gasteiger partial charge in [-0.2, -0.15) is 0 Å². The van der Waals surface area contributed by atoms with Gasteiger partial charge in [-0.25, -0.2) is 0 Å². The van der Waals surface area contributed by atoms with Crippen LogP contribution in [0.25, 0.3) is 0 Å². The molecule has 1 aromatic carbocycles. The number of benzene rings is 1. The number of hydrogen-bond acceptors (Lipinski definition) is 3. The van der Waals surface area contributed by atoms with E-state index in [1.165, 1.54) is 11.1 Å². The molecule has 0 spiro atoms. The van der Waals surface area contributed by atoms with Crippen LogP contribution in [0.2, 0.25) is 0 Å². The largest absolute Gasteiger partial charge is 0.381 e. The molecule has 0 aromatic heterocycles. The molecule has 1 atom stereocenters. The first-order valence-corrected chi connectivity index (χ1v) is 7.19. The van der Waals surface area contributed by atoms with Gasteiger partial charge in [-0.3, -0.25) is 0 Å². The van der Waals surface area contributed by atoms with Crippen molar-refractivity contribution in [3.8, 4) is 0 Å². The predicted octanol–water partition coefficient (Wildman–Crippen LogP) is 2.83. The second kappa shape index (κ2) is 6.51. The minimum atomic E-state index is -0.275. The minimum Gasteiger partial charge on any atom is -0.381 e. The molecule has 1 aromatic rings. The van der Waals surface area contributed by atoms with E-state index in [2.05, 4.69) is 31.2 Å². The van der Waals surface area contributed by atoms with Gasteiger partial charge in [-0.05, 0) is 17.5 Å². The van der Waals surface area contributed by atoms with E-state index in [0.717, 1.165) is 38.9 Å². The summed E-state index contributed by atoms with van der Waals surface area (Å²) < 4.78 is 11.2. The van der Waals surface area contributed by atoms with E-state index < -0.39 is 0 Å². The highest BCUT2D eigenvalue weighted by Gasteiger charge is 2.39. The summed E-state index contributed by atoms with van der Waals surface area (Å²) in [7, 11) is 1.76. The maximum absolute atomic E-state index is 6.50. The molecule has 2 rings (SSSR count). The average Bonchev–Trinajstić information content (AvgIpc) is 2.48. The van der Waals surface area contributed by atoms with Crippen LogP contribution < -0.4 is 5.73 Å². The smallest absolute Gasteiger partial charge is 0.0914 e. The van der Waals surface area contributed by atoms with Gasteiger partial charge in [0.1, 0.15) is 0 Å². The van der Waals surface area contributed by atoms with Crippen LogP contribution in [0.5, 0.6) is 0 Å². The lowest BCUT2D eigenvalue weighted by molar-refractivity contribution is -0.105. The Labute approximate surface area is 116 Å². The van der Waals surface area contributed by atoms with Crippen molar-refractivity contribution in [2.75, 3.05) is 20.3 Å². The summed E-state index contributed by atoms with van der Waals surface area (Å²) in [6.07, 6.45) is 3.98. The highest BCUT2D eigenvalue weighted by Crippen LogP contribution is 2.35. The fourth-order valence-corrected chi connectivity index (χ4v) is 2.89. The van der Waals surface area contributed by atoms with Gasteiger partial charge < -0.3 is 15.2 Å². The fourth-order valence-electron chi connectivity index (χ4n) is 2.89. The van der Waals surface area contributed by atoms with Crippen LogP contribution >= 0.6 is 0 Å². The van der Waals surface area contributed by atoms with Crippen LogP contribution in [0.15, 0.2) is 24.3 Å². The second-order valence-corrected chi connectivity index (χ2v) is 5.35. The number of aryl methyl sites for hydroxylation is 1. The van der Waals surface area contributed by atoms with Crippen molar-refractivity contribution in [1.82, 2.24) is 0 Å². The number of ether oxygens (including phenoxy) is 2. The number of nitrogens with two attached hydrogens (primary N) is 1. The molecule has 0 radical (unpaired) electrons. The summed E-state index contributed by atoms with van der Waals surface area (Å²) in [4.78, 5) is 0. The molecular formula is C16H25NO2.